The van der Waals surface area contributed by atoms with Gasteiger partial charge < -0.3 is 5.73 Å². The summed E-state index contributed by atoms with van der Waals surface area (Å²) in [5.41, 5.74) is 7.45. The second-order valence-electron chi connectivity index (χ2n) is 3.32. The van der Waals surface area contributed by atoms with Crippen molar-refractivity contribution >= 4 is 5.82 Å². The van der Waals surface area contributed by atoms with Crippen molar-refractivity contribution in [3.05, 3.63) is 17.6 Å². The van der Waals surface area contributed by atoms with Gasteiger partial charge in [-0.3, -0.25) is 4.68 Å². The number of hydrogen-bond donors (Lipinski definition) is 1. The van der Waals surface area contributed by atoms with Crippen LogP contribution in [0.4, 0.5) is 5.82 Å². The van der Waals surface area contributed by atoms with E-state index in [4.69, 9.17) is 5.73 Å². The van der Waals surface area contributed by atoms with Gasteiger partial charge in [-0.25, -0.2) is 4.68 Å². The Labute approximate surface area is 86.9 Å². The number of rotatable bonds is 3. The lowest BCUT2D eigenvalue weighted by atomic mass is 10.3. The Morgan fingerprint density at radius 1 is 1.33 bits per heavy atom. The maximum atomic E-state index is 5.68. The van der Waals surface area contributed by atoms with Crippen LogP contribution in [0.15, 0.2) is 6.20 Å². The second kappa shape index (κ2) is 3.68. The summed E-state index contributed by atoms with van der Waals surface area (Å²) in [5, 5.41) is 15.6. The number of hydrogen-bond acceptors (Lipinski definition) is 5. The summed E-state index contributed by atoms with van der Waals surface area (Å²) in [7, 11) is 1.83. The smallest absolute Gasteiger partial charge is 0.169 e. The molecule has 2 rings (SSSR count). The molecule has 0 aliphatic heterocycles. The van der Waals surface area contributed by atoms with E-state index in [0.717, 1.165) is 17.8 Å². The molecule has 0 radical (unpaired) electrons. The van der Waals surface area contributed by atoms with E-state index in [0.29, 0.717) is 12.4 Å². The first-order chi connectivity index (χ1) is 7.20. The maximum Gasteiger partial charge on any atom is 0.169 e. The van der Waals surface area contributed by atoms with Gasteiger partial charge in [0.25, 0.3) is 0 Å². The van der Waals surface area contributed by atoms with Crippen molar-refractivity contribution in [2.24, 2.45) is 7.05 Å². The lowest BCUT2D eigenvalue weighted by Gasteiger charge is -2.01. The number of nitrogens with two attached hydrogens (primary N) is 1. The van der Waals surface area contributed by atoms with Crippen LogP contribution in [0.5, 0.6) is 0 Å². The molecule has 0 aromatic carbocycles. The Bertz CT molecular complexity index is 455. The highest BCUT2D eigenvalue weighted by molar-refractivity contribution is 5.32. The van der Waals surface area contributed by atoms with Crippen molar-refractivity contribution in [1.29, 1.82) is 0 Å². The molecular formula is C8H13N7. The minimum Gasteiger partial charge on any atom is -0.381 e. The molecule has 0 bridgehead atoms. The third-order valence-corrected chi connectivity index (χ3v) is 2.16. The fourth-order valence-corrected chi connectivity index (χ4v) is 1.46. The molecule has 0 spiro atoms. The zero-order valence-corrected chi connectivity index (χ0v) is 8.75. The molecule has 2 heterocycles. The molecule has 2 N–H and O–H groups in total. The minimum absolute atomic E-state index is 0.487. The minimum atomic E-state index is 0.487. The van der Waals surface area contributed by atoms with Crippen LogP contribution in [0.25, 0.3) is 0 Å². The third-order valence-electron chi connectivity index (χ3n) is 2.16. The van der Waals surface area contributed by atoms with Gasteiger partial charge in [-0.1, -0.05) is 17.4 Å². The van der Waals surface area contributed by atoms with Crippen molar-refractivity contribution in [3.8, 4) is 0 Å². The Morgan fingerprint density at radius 2 is 2.13 bits per heavy atom. The average molecular weight is 207 g/mol. The van der Waals surface area contributed by atoms with Crippen molar-refractivity contribution < 1.29 is 0 Å². The van der Waals surface area contributed by atoms with E-state index in [9.17, 15) is 0 Å². The number of aryl methyl sites for hydroxylation is 1. The summed E-state index contributed by atoms with van der Waals surface area (Å²) in [6.45, 7) is 2.57. The lowest BCUT2D eigenvalue weighted by molar-refractivity contribution is 0.611. The Hall–Kier alpha value is -1.92. The molecule has 0 amide bonds. The van der Waals surface area contributed by atoms with Crippen LogP contribution in [-0.4, -0.2) is 30.0 Å². The van der Waals surface area contributed by atoms with Crippen molar-refractivity contribution in [1.82, 2.24) is 30.0 Å². The van der Waals surface area contributed by atoms with E-state index < -0.39 is 0 Å². The fraction of sp³-hybridized carbons (Fsp3) is 0.500. The summed E-state index contributed by atoms with van der Waals surface area (Å²) >= 11 is 0. The number of anilines is 1. The normalized spacial score (nSPS) is 10.8. The molecule has 0 fully saturated rings. The van der Waals surface area contributed by atoms with Gasteiger partial charge in [0.2, 0.25) is 0 Å². The summed E-state index contributed by atoms with van der Waals surface area (Å²) in [6.07, 6.45) is 2.65. The fourth-order valence-electron chi connectivity index (χ4n) is 1.46. The predicted octanol–water partition coefficient (Wildman–Crippen LogP) is -0.401. The Morgan fingerprint density at radius 3 is 2.73 bits per heavy atom. The first-order valence-electron chi connectivity index (χ1n) is 4.73. The van der Waals surface area contributed by atoms with Crippen molar-refractivity contribution in [2.75, 3.05) is 5.73 Å². The third kappa shape index (κ3) is 1.80. The monoisotopic (exact) mass is 207 g/mol. The number of nitrogen functional groups attached to an aromatic ring is 1. The molecule has 0 saturated heterocycles. The molecule has 0 atom stereocenters. The van der Waals surface area contributed by atoms with E-state index in [1.54, 1.807) is 9.36 Å². The van der Waals surface area contributed by atoms with Crippen LogP contribution >= 0.6 is 0 Å². The van der Waals surface area contributed by atoms with Gasteiger partial charge in [-0.05, 0) is 6.42 Å². The molecule has 7 nitrogen and oxygen atoms in total. The molecule has 0 aliphatic carbocycles. The van der Waals surface area contributed by atoms with E-state index >= 15 is 0 Å². The quantitative estimate of drug-likeness (QED) is 0.739. The maximum absolute atomic E-state index is 5.68. The van der Waals surface area contributed by atoms with E-state index in [-0.39, 0.29) is 0 Å². The highest BCUT2D eigenvalue weighted by atomic mass is 15.5. The molecule has 15 heavy (non-hydrogen) atoms. The molecule has 2 aromatic heterocycles. The van der Waals surface area contributed by atoms with Crippen LogP contribution in [0, 0.1) is 0 Å². The summed E-state index contributed by atoms with van der Waals surface area (Å²) in [5.74, 6) is 0.487. The van der Waals surface area contributed by atoms with Gasteiger partial charge >= 0.3 is 0 Å². The average Bonchev–Trinajstić information content (AvgIpc) is 2.75. The van der Waals surface area contributed by atoms with Crippen LogP contribution in [0.2, 0.25) is 0 Å². The van der Waals surface area contributed by atoms with Crippen molar-refractivity contribution in [2.45, 2.75) is 19.9 Å². The second-order valence-corrected chi connectivity index (χ2v) is 3.32. The van der Waals surface area contributed by atoms with E-state index in [2.05, 4.69) is 20.6 Å². The van der Waals surface area contributed by atoms with Gasteiger partial charge in [0.15, 0.2) is 5.82 Å². The molecule has 2 aromatic rings. The highest BCUT2D eigenvalue weighted by Gasteiger charge is 2.09. The van der Waals surface area contributed by atoms with E-state index in [1.807, 2.05) is 20.2 Å². The van der Waals surface area contributed by atoms with Gasteiger partial charge in [0.05, 0.1) is 12.2 Å². The molecule has 0 unspecified atom stereocenters. The SMILES string of the molecule is CCc1c(N)nnn1Cc1cn(C)nn1. The van der Waals surface area contributed by atoms with Crippen LogP contribution in [0.3, 0.4) is 0 Å². The first-order valence-corrected chi connectivity index (χ1v) is 4.73. The molecule has 0 aliphatic rings. The van der Waals surface area contributed by atoms with Gasteiger partial charge in [-0.15, -0.1) is 10.2 Å². The lowest BCUT2D eigenvalue weighted by Crippen LogP contribution is -2.07. The van der Waals surface area contributed by atoms with Crippen LogP contribution in [0.1, 0.15) is 18.3 Å². The largest absolute Gasteiger partial charge is 0.381 e. The molecule has 80 valence electrons. The zero-order valence-electron chi connectivity index (χ0n) is 8.75. The van der Waals surface area contributed by atoms with Gasteiger partial charge in [0, 0.05) is 13.2 Å². The van der Waals surface area contributed by atoms with Gasteiger partial charge in [-0.2, -0.15) is 0 Å². The summed E-state index contributed by atoms with van der Waals surface area (Å²) in [4.78, 5) is 0. The molecule has 0 saturated carbocycles. The van der Waals surface area contributed by atoms with Crippen molar-refractivity contribution in [3.63, 3.8) is 0 Å². The predicted molar refractivity (Wildman–Crippen MR) is 53.9 cm³/mol. The zero-order chi connectivity index (χ0) is 10.8. The Kier molecular flexibility index (Phi) is 2.36. The topological polar surface area (TPSA) is 87.4 Å². The molecular weight excluding hydrogens is 194 g/mol. The highest BCUT2D eigenvalue weighted by Crippen LogP contribution is 2.09. The Balaban J connectivity index is 2.24. The summed E-state index contributed by atoms with van der Waals surface area (Å²) in [6, 6.07) is 0. The number of nitrogens with zero attached hydrogens (tertiary/aromatic N) is 6. The first kappa shape index (κ1) is 9.63. The van der Waals surface area contributed by atoms with Crippen LogP contribution < -0.4 is 5.73 Å². The number of aromatic nitrogens is 6. The van der Waals surface area contributed by atoms with Crippen LogP contribution in [-0.2, 0) is 20.0 Å². The summed E-state index contributed by atoms with van der Waals surface area (Å²) < 4.78 is 3.40. The van der Waals surface area contributed by atoms with Gasteiger partial charge in [0.1, 0.15) is 5.69 Å². The molecule has 7 heteroatoms. The standard InChI is InChI=1S/C8H13N7/c1-3-7-8(9)11-13-15(7)5-6-4-14(2)12-10-6/h4H,3,5,9H2,1-2H3. The van der Waals surface area contributed by atoms with E-state index in [1.165, 1.54) is 0 Å².